The monoisotopic (exact) mass is 173 g/mol. The van der Waals surface area contributed by atoms with Gasteiger partial charge in [-0.1, -0.05) is 36.8 Å². The molecule has 0 aliphatic carbocycles. The molecule has 1 aromatic carbocycles. The lowest BCUT2D eigenvalue weighted by Crippen LogP contribution is -1.84. The number of hydrogen-bond acceptors (Lipinski definition) is 1. The maximum atomic E-state index is 8.33. The van der Waals surface area contributed by atoms with Crippen LogP contribution in [-0.4, -0.2) is 0 Å². The van der Waals surface area contributed by atoms with Gasteiger partial charge < -0.3 is 0 Å². The van der Waals surface area contributed by atoms with E-state index in [0.717, 1.165) is 12.8 Å². The van der Waals surface area contributed by atoms with Gasteiger partial charge in [0.25, 0.3) is 0 Å². The van der Waals surface area contributed by atoms with E-state index in [1.807, 2.05) is 6.07 Å². The van der Waals surface area contributed by atoms with Crippen LogP contribution < -0.4 is 0 Å². The van der Waals surface area contributed by atoms with Crippen LogP contribution in [0, 0.1) is 11.3 Å². The van der Waals surface area contributed by atoms with E-state index in [-0.39, 0.29) is 0 Å². The van der Waals surface area contributed by atoms with Crippen molar-refractivity contribution in [3.05, 3.63) is 35.9 Å². The van der Waals surface area contributed by atoms with Crippen molar-refractivity contribution in [2.45, 2.75) is 32.1 Å². The number of rotatable bonds is 5. The number of nitrogens with zero attached hydrogens (tertiary/aromatic N) is 1. The average Bonchev–Trinajstić information content (AvgIpc) is 2.19. The van der Waals surface area contributed by atoms with Crippen molar-refractivity contribution in [2.75, 3.05) is 0 Å². The van der Waals surface area contributed by atoms with Crippen LogP contribution in [0.15, 0.2) is 30.3 Å². The van der Waals surface area contributed by atoms with Crippen molar-refractivity contribution in [2.24, 2.45) is 0 Å². The third-order valence-electron chi connectivity index (χ3n) is 2.10. The molecule has 0 fully saturated rings. The fourth-order valence-corrected chi connectivity index (χ4v) is 1.35. The molecule has 1 nitrogen and oxygen atoms in total. The van der Waals surface area contributed by atoms with Crippen LogP contribution >= 0.6 is 0 Å². The Kier molecular flexibility index (Phi) is 4.71. The third-order valence-corrected chi connectivity index (χ3v) is 2.10. The molecular formula is C12H15N. The molecule has 0 N–H and O–H groups in total. The van der Waals surface area contributed by atoms with Gasteiger partial charge in [-0.05, 0) is 24.8 Å². The normalized spacial score (nSPS) is 9.46. The fourth-order valence-electron chi connectivity index (χ4n) is 1.35. The van der Waals surface area contributed by atoms with Gasteiger partial charge in [0, 0.05) is 6.42 Å². The van der Waals surface area contributed by atoms with E-state index < -0.39 is 0 Å². The van der Waals surface area contributed by atoms with E-state index in [0.29, 0.717) is 6.42 Å². The van der Waals surface area contributed by atoms with Crippen LogP contribution in [0.5, 0.6) is 0 Å². The van der Waals surface area contributed by atoms with Crippen molar-refractivity contribution in [1.82, 2.24) is 0 Å². The number of benzene rings is 1. The number of nitriles is 1. The SMILES string of the molecule is N#CCCCCCc1ccccc1. The average molecular weight is 173 g/mol. The largest absolute Gasteiger partial charge is 0.198 e. The molecule has 0 aliphatic rings. The number of hydrogen-bond donors (Lipinski definition) is 0. The molecule has 0 aliphatic heterocycles. The summed E-state index contributed by atoms with van der Waals surface area (Å²) in [5.74, 6) is 0. The smallest absolute Gasteiger partial charge is 0.0621 e. The third kappa shape index (κ3) is 4.32. The lowest BCUT2D eigenvalue weighted by Gasteiger charge is -1.99. The lowest BCUT2D eigenvalue weighted by molar-refractivity contribution is 0.690. The maximum Gasteiger partial charge on any atom is 0.0621 e. The van der Waals surface area contributed by atoms with Crippen molar-refractivity contribution < 1.29 is 0 Å². The molecule has 0 heterocycles. The van der Waals surface area contributed by atoms with Gasteiger partial charge in [0.15, 0.2) is 0 Å². The molecule has 0 aromatic heterocycles. The molecule has 0 amide bonds. The molecule has 13 heavy (non-hydrogen) atoms. The standard InChI is InChI=1S/C12H15N/c13-11-7-2-1-4-8-12-9-5-3-6-10-12/h3,5-6,9-10H,1-2,4,7-8H2. The zero-order chi connectivity index (χ0) is 9.36. The highest BCUT2D eigenvalue weighted by atomic mass is 14.2. The predicted octanol–water partition coefficient (Wildman–Crippen LogP) is 3.31. The van der Waals surface area contributed by atoms with E-state index in [1.165, 1.54) is 18.4 Å². The molecule has 0 atom stereocenters. The minimum Gasteiger partial charge on any atom is -0.198 e. The van der Waals surface area contributed by atoms with E-state index >= 15 is 0 Å². The Balaban J connectivity index is 2.11. The molecule has 0 unspecified atom stereocenters. The van der Waals surface area contributed by atoms with Gasteiger partial charge in [-0.25, -0.2) is 0 Å². The predicted molar refractivity (Wildman–Crippen MR) is 54.2 cm³/mol. The van der Waals surface area contributed by atoms with Gasteiger partial charge in [0.05, 0.1) is 6.07 Å². The van der Waals surface area contributed by atoms with Gasteiger partial charge in [0.2, 0.25) is 0 Å². The van der Waals surface area contributed by atoms with Crippen LogP contribution in [0.1, 0.15) is 31.2 Å². The minimum absolute atomic E-state index is 0.703. The summed E-state index contributed by atoms with van der Waals surface area (Å²) in [6.45, 7) is 0. The van der Waals surface area contributed by atoms with Crippen LogP contribution in [0.4, 0.5) is 0 Å². The molecule has 0 bridgehead atoms. The summed E-state index contributed by atoms with van der Waals surface area (Å²) < 4.78 is 0. The maximum absolute atomic E-state index is 8.33. The molecule has 1 aromatic rings. The number of aryl methyl sites for hydroxylation is 1. The summed E-state index contributed by atoms with van der Waals surface area (Å²) in [6, 6.07) is 12.7. The minimum atomic E-state index is 0.703. The van der Waals surface area contributed by atoms with Crippen molar-refractivity contribution in [3.63, 3.8) is 0 Å². The van der Waals surface area contributed by atoms with Gasteiger partial charge in [-0.2, -0.15) is 5.26 Å². The van der Waals surface area contributed by atoms with Gasteiger partial charge in [-0.3, -0.25) is 0 Å². The first-order valence-electron chi connectivity index (χ1n) is 4.84. The second-order valence-electron chi connectivity index (χ2n) is 3.20. The quantitative estimate of drug-likeness (QED) is 0.627. The van der Waals surface area contributed by atoms with Crippen LogP contribution in [-0.2, 0) is 6.42 Å². The van der Waals surface area contributed by atoms with Gasteiger partial charge in [0.1, 0.15) is 0 Å². The van der Waals surface area contributed by atoms with Crippen molar-refractivity contribution in [1.29, 1.82) is 5.26 Å². The molecular weight excluding hydrogens is 158 g/mol. The van der Waals surface area contributed by atoms with Crippen molar-refractivity contribution in [3.8, 4) is 6.07 Å². The highest BCUT2D eigenvalue weighted by Crippen LogP contribution is 2.06. The zero-order valence-electron chi connectivity index (χ0n) is 7.87. The summed E-state index contributed by atoms with van der Waals surface area (Å²) in [4.78, 5) is 0. The summed E-state index contributed by atoms with van der Waals surface area (Å²) in [6.07, 6.45) is 5.26. The molecule has 1 heteroatoms. The van der Waals surface area contributed by atoms with Crippen molar-refractivity contribution >= 4 is 0 Å². The first-order chi connectivity index (χ1) is 6.43. The van der Waals surface area contributed by atoms with E-state index in [1.54, 1.807) is 0 Å². The highest BCUT2D eigenvalue weighted by molar-refractivity contribution is 5.14. The molecule has 0 radical (unpaired) electrons. The molecule has 0 saturated carbocycles. The Morgan fingerprint density at radius 3 is 2.46 bits per heavy atom. The first-order valence-corrected chi connectivity index (χ1v) is 4.84. The summed E-state index contributed by atoms with van der Waals surface area (Å²) in [5.41, 5.74) is 1.40. The van der Waals surface area contributed by atoms with Gasteiger partial charge >= 0.3 is 0 Å². The lowest BCUT2D eigenvalue weighted by atomic mass is 10.1. The number of unbranched alkanes of at least 4 members (excludes halogenated alkanes) is 3. The zero-order valence-corrected chi connectivity index (χ0v) is 7.87. The van der Waals surface area contributed by atoms with Crippen LogP contribution in [0.2, 0.25) is 0 Å². The Morgan fingerprint density at radius 1 is 1.00 bits per heavy atom. The van der Waals surface area contributed by atoms with E-state index in [4.69, 9.17) is 5.26 Å². The Bertz CT molecular complexity index is 258. The molecule has 0 spiro atoms. The summed E-state index contributed by atoms with van der Waals surface area (Å²) >= 11 is 0. The summed E-state index contributed by atoms with van der Waals surface area (Å²) in [7, 11) is 0. The van der Waals surface area contributed by atoms with E-state index in [2.05, 4.69) is 30.3 Å². The molecule has 0 saturated heterocycles. The highest BCUT2D eigenvalue weighted by Gasteiger charge is 1.91. The van der Waals surface area contributed by atoms with Crippen LogP contribution in [0.25, 0.3) is 0 Å². The Morgan fingerprint density at radius 2 is 1.77 bits per heavy atom. The van der Waals surface area contributed by atoms with E-state index in [9.17, 15) is 0 Å². The second-order valence-corrected chi connectivity index (χ2v) is 3.20. The Labute approximate surface area is 80.0 Å². The Hall–Kier alpha value is -1.29. The first kappa shape index (κ1) is 9.80. The fraction of sp³-hybridized carbons (Fsp3) is 0.417. The van der Waals surface area contributed by atoms with Gasteiger partial charge in [-0.15, -0.1) is 0 Å². The second kappa shape index (κ2) is 6.25. The summed E-state index contributed by atoms with van der Waals surface area (Å²) in [5, 5.41) is 8.33. The molecule has 1 rings (SSSR count). The molecule has 68 valence electrons. The van der Waals surface area contributed by atoms with Crippen LogP contribution in [0.3, 0.4) is 0 Å². The topological polar surface area (TPSA) is 23.8 Å².